The number of rotatable bonds is 10. The van der Waals surface area contributed by atoms with Gasteiger partial charge in [0.05, 0.1) is 51.6 Å². The van der Waals surface area contributed by atoms with Crippen molar-refractivity contribution < 1.29 is 82.9 Å². The zero-order valence-corrected chi connectivity index (χ0v) is 41.7. The minimum absolute atomic E-state index is 0. The molecule has 14 nitrogen and oxygen atoms in total. The van der Waals surface area contributed by atoms with Crippen LogP contribution in [-0.4, -0.2) is 136 Å². The molecule has 3 radical (unpaired) electrons. The summed E-state index contributed by atoms with van der Waals surface area (Å²) < 4.78 is 59.7. The topological polar surface area (TPSA) is 106 Å². The standard InChI is InChI=1S/C25H30N2O5.C25H27N2O5.B.ClH.Na.H/c2*1-28-22-3-2-17-12-21-19-14-24-23(31-16-32-24)13-18(19)4-5-27(21)15-20(17)25(22)30-11-8-26-6-9-29-10-7-26;;;;/h2-3,13-14,21H,4-12,15-16H2,1H3;2-3,12-15H,4-11,16H2,1H3;;1H;;/q;+1;;;+1;-1. The minimum atomic E-state index is 0. The maximum Gasteiger partial charge on any atom is 1.00 e. The Morgan fingerprint density at radius 2 is 1.27 bits per heavy atom. The van der Waals surface area contributed by atoms with E-state index >= 15 is 0 Å². The monoisotopic (exact) mass is 944 g/mol. The van der Waals surface area contributed by atoms with Crippen molar-refractivity contribution in [2.24, 2.45) is 0 Å². The third kappa shape index (κ3) is 10.1. The van der Waals surface area contributed by atoms with E-state index in [1.54, 1.807) is 14.2 Å². The van der Waals surface area contributed by atoms with Gasteiger partial charge in [0.2, 0.25) is 19.3 Å². The molecule has 5 aromatic rings. The van der Waals surface area contributed by atoms with E-state index in [1.807, 2.05) is 6.07 Å². The summed E-state index contributed by atoms with van der Waals surface area (Å²) >= 11 is 0. The second-order valence-corrected chi connectivity index (χ2v) is 17.2. The smallest absolute Gasteiger partial charge is 1.00 e. The summed E-state index contributed by atoms with van der Waals surface area (Å²) in [6, 6.07) is 19.6. The predicted octanol–water partition coefficient (Wildman–Crippen LogP) is 2.75. The van der Waals surface area contributed by atoms with Gasteiger partial charge in [0, 0.05) is 84.9 Å². The summed E-state index contributed by atoms with van der Waals surface area (Å²) in [6.45, 7) is 13.5. The first-order chi connectivity index (χ1) is 31.6. The molecule has 2 saturated heterocycles. The Hall–Kier alpha value is -4.16. The number of morpholine rings is 2. The quantitative estimate of drug-likeness (QED) is 0.152. The SMILES string of the molecule is COc1ccc2c(c1OCCN1CCOCC1)CN1CCc3cc4c(cc3C1C2)OCO4.COc1ccc2cc3[n+](cc2c1OCCN1CCOCC1)CCc1cc2c(cc1-3)OCO2.Cl.[B].[H-].[Na+]. The summed E-state index contributed by atoms with van der Waals surface area (Å²) in [4.78, 5) is 7.34. The van der Waals surface area contributed by atoms with Crippen LogP contribution in [0.3, 0.4) is 0 Å². The van der Waals surface area contributed by atoms with Crippen LogP contribution in [0.15, 0.2) is 60.8 Å². The number of fused-ring (bicyclic) bond motifs is 10. The zero-order chi connectivity index (χ0) is 43.0. The van der Waals surface area contributed by atoms with E-state index in [0.717, 1.165) is 161 Å². The van der Waals surface area contributed by atoms with E-state index in [0.29, 0.717) is 32.8 Å². The van der Waals surface area contributed by atoms with Crippen LogP contribution in [0.1, 0.15) is 35.3 Å². The van der Waals surface area contributed by atoms with E-state index in [9.17, 15) is 0 Å². The summed E-state index contributed by atoms with van der Waals surface area (Å²) in [5.41, 5.74) is 9.05. The molecule has 17 heteroatoms. The summed E-state index contributed by atoms with van der Waals surface area (Å²) in [7, 11) is 3.42. The third-order valence-corrected chi connectivity index (χ3v) is 13.7. The Morgan fingerprint density at radius 1 is 0.672 bits per heavy atom. The molecule has 0 amide bonds. The molecule has 0 saturated carbocycles. The molecule has 7 aliphatic rings. The van der Waals surface area contributed by atoms with Crippen LogP contribution in [0.4, 0.5) is 0 Å². The Kier molecular flexibility index (Phi) is 16.2. The van der Waals surface area contributed by atoms with Crippen molar-refractivity contribution in [3.05, 3.63) is 88.6 Å². The van der Waals surface area contributed by atoms with Crippen LogP contribution >= 0.6 is 12.4 Å². The van der Waals surface area contributed by atoms with Crippen molar-refractivity contribution in [2.45, 2.75) is 38.4 Å². The molecule has 0 N–H and O–H groups in total. The number of benzene rings is 4. The number of ether oxygens (including phenoxy) is 10. The molecule has 4 aromatic carbocycles. The largest absolute Gasteiger partial charge is 1.00 e. The number of methoxy groups -OCH3 is 2. The fourth-order valence-electron chi connectivity index (χ4n) is 10.2. The Morgan fingerprint density at radius 3 is 1.94 bits per heavy atom. The van der Waals surface area contributed by atoms with Crippen molar-refractivity contribution in [3.63, 3.8) is 0 Å². The molecule has 8 heterocycles. The first-order valence-corrected chi connectivity index (χ1v) is 22.8. The van der Waals surface area contributed by atoms with Crippen LogP contribution < -0.4 is 72.0 Å². The first kappa shape index (κ1) is 49.3. The van der Waals surface area contributed by atoms with Crippen LogP contribution in [0.25, 0.3) is 22.0 Å². The van der Waals surface area contributed by atoms with Gasteiger partial charge in [-0.2, -0.15) is 4.57 Å². The second kappa shape index (κ2) is 22.1. The number of halogens is 1. The van der Waals surface area contributed by atoms with Crippen LogP contribution in [0.2, 0.25) is 0 Å². The van der Waals surface area contributed by atoms with Crippen molar-refractivity contribution in [1.29, 1.82) is 0 Å². The van der Waals surface area contributed by atoms with Crippen molar-refractivity contribution in [1.82, 2.24) is 14.7 Å². The van der Waals surface area contributed by atoms with Gasteiger partial charge < -0.3 is 48.8 Å². The summed E-state index contributed by atoms with van der Waals surface area (Å²) in [5.74, 6) is 6.73. The Balaban J connectivity index is 0.000000190. The van der Waals surface area contributed by atoms with Gasteiger partial charge in [-0.15, -0.1) is 12.4 Å². The average molecular weight is 945 g/mol. The number of aryl methyl sites for hydroxylation is 2. The van der Waals surface area contributed by atoms with Gasteiger partial charge >= 0.3 is 29.6 Å². The molecule has 1 atom stereocenters. The van der Waals surface area contributed by atoms with Gasteiger partial charge in [0.15, 0.2) is 58.7 Å². The predicted molar refractivity (Wildman–Crippen MR) is 252 cm³/mol. The Bertz CT molecular complexity index is 2550. The van der Waals surface area contributed by atoms with Gasteiger partial charge in [-0.05, 0) is 82.9 Å². The fraction of sp³-hybridized carbons (Fsp3) is 0.460. The van der Waals surface area contributed by atoms with E-state index in [2.05, 4.69) is 74.0 Å². The first-order valence-electron chi connectivity index (χ1n) is 22.8. The van der Waals surface area contributed by atoms with E-state index in [-0.39, 0.29) is 51.8 Å². The van der Waals surface area contributed by atoms with Gasteiger partial charge in [0.1, 0.15) is 13.2 Å². The Labute approximate surface area is 424 Å². The fourth-order valence-corrected chi connectivity index (χ4v) is 10.2. The van der Waals surface area contributed by atoms with Crippen LogP contribution in [-0.2, 0) is 41.8 Å². The second-order valence-electron chi connectivity index (χ2n) is 17.2. The molecule has 349 valence electrons. The minimum Gasteiger partial charge on any atom is -1.00 e. The summed E-state index contributed by atoms with van der Waals surface area (Å²) in [5, 5.41) is 2.20. The molecule has 0 bridgehead atoms. The van der Waals surface area contributed by atoms with Crippen molar-refractivity contribution >= 4 is 31.6 Å². The molecule has 67 heavy (non-hydrogen) atoms. The van der Waals surface area contributed by atoms with Gasteiger partial charge in [-0.25, -0.2) is 0 Å². The third-order valence-electron chi connectivity index (χ3n) is 13.7. The number of pyridine rings is 1. The van der Waals surface area contributed by atoms with E-state index in [4.69, 9.17) is 47.4 Å². The number of nitrogens with zero attached hydrogens (tertiary/aromatic N) is 4. The normalized spacial score (nSPS) is 18.7. The molecular weight excluding hydrogens is 886 g/mol. The molecule has 2 fully saturated rings. The maximum atomic E-state index is 6.37. The molecule has 1 aromatic heterocycles. The molecular formula is C50H59BClN4NaO10+. The molecule has 1 unspecified atom stereocenters. The maximum absolute atomic E-state index is 6.37. The van der Waals surface area contributed by atoms with Gasteiger partial charge in [-0.3, -0.25) is 14.7 Å². The van der Waals surface area contributed by atoms with Gasteiger partial charge in [0.25, 0.3) is 0 Å². The van der Waals surface area contributed by atoms with E-state index in [1.165, 1.54) is 39.1 Å². The zero-order valence-electron chi connectivity index (χ0n) is 39.8. The van der Waals surface area contributed by atoms with Crippen molar-refractivity contribution in [2.75, 3.05) is 113 Å². The number of aromatic nitrogens is 1. The molecule has 7 aliphatic heterocycles. The molecule has 0 spiro atoms. The van der Waals surface area contributed by atoms with E-state index < -0.39 is 0 Å². The molecule has 0 aliphatic carbocycles. The average Bonchev–Trinajstić information content (AvgIpc) is 4.01. The number of hydrogen-bond donors (Lipinski definition) is 0. The molecule has 12 rings (SSSR count). The number of hydrogen-bond acceptors (Lipinski definition) is 13. The van der Waals surface area contributed by atoms with Crippen LogP contribution in [0.5, 0.6) is 46.0 Å². The van der Waals surface area contributed by atoms with Gasteiger partial charge in [-0.1, -0.05) is 6.07 Å². The van der Waals surface area contributed by atoms with Crippen molar-refractivity contribution in [3.8, 4) is 57.3 Å². The van der Waals surface area contributed by atoms with Crippen LogP contribution in [0, 0.1) is 0 Å². The summed E-state index contributed by atoms with van der Waals surface area (Å²) in [6.07, 6.45) is 5.14.